The maximum atomic E-state index is 6.43. The monoisotopic (exact) mass is 358 g/mol. The lowest BCUT2D eigenvalue weighted by Gasteiger charge is -2.44. The van der Waals surface area contributed by atoms with Crippen LogP contribution in [0.4, 0.5) is 5.69 Å². The first-order valence-electron chi connectivity index (χ1n) is 7.51. The number of nitrogens with zero attached hydrogens (tertiary/aromatic N) is 1. The normalized spacial score (nSPS) is 24.8. The number of hydrogen-bond acceptors (Lipinski definition) is 2. The summed E-state index contributed by atoms with van der Waals surface area (Å²) < 4.78 is 1.09. The van der Waals surface area contributed by atoms with Crippen LogP contribution in [0.15, 0.2) is 22.7 Å². The van der Waals surface area contributed by atoms with Crippen molar-refractivity contribution in [2.45, 2.75) is 45.7 Å². The van der Waals surface area contributed by atoms with Crippen LogP contribution in [0.5, 0.6) is 0 Å². The number of rotatable bonds is 4. The van der Waals surface area contributed by atoms with Crippen LogP contribution in [0.25, 0.3) is 0 Å². The Kier molecular flexibility index (Phi) is 5.76. The van der Waals surface area contributed by atoms with Gasteiger partial charge in [0.2, 0.25) is 0 Å². The van der Waals surface area contributed by atoms with Crippen molar-refractivity contribution in [3.63, 3.8) is 0 Å². The van der Waals surface area contributed by atoms with Gasteiger partial charge in [0.1, 0.15) is 0 Å². The summed E-state index contributed by atoms with van der Waals surface area (Å²) >= 11 is 9.99. The van der Waals surface area contributed by atoms with E-state index in [2.05, 4.69) is 53.0 Å². The lowest BCUT2D eigenvalue weighted by molar-refractivity contribution is 0.306. The molecule has 1 N–H and O–H groups in total. The topological polar surface area (TPSA) is 15.3 Å². The van der Waals surface area contributed by atoms with Gasteiger partial charge in [0.15, 0.2) is 0 Å². The van der Waals surface area contributed by atoms with Crippen molar-refractivity contribution >= 4 is 33.2 Å². The van der Waals surface area contributed by atoms with Crippen LogP contribution in [0, 0.1) is 5.92 Å². The van der Waals surface area contributed by atoms with Crippen LogP contribution in [-0.4, -0.2) is 25.2 Å². The average molecular weight is 360 g/mol. The molecule has 1 aliphatic rings. The van der Waals surface area contributed by atoms with Gasteiger partial charge in [0.05, 0.1) is 10.7 Å². The van der Waals surface area contributed by atoms with E-state index in [0.29, 0.717) is 18.0 Å². The highest BCUT2D eigenvalue weighted by Gasteiger charge is 2.30. The van der Waals surface area contributed by atoms with Crippen molar-refractivity contribution in [1.29, 1.82) is 0 Å². The summed E-state index contributed by atoms with van der Waals surface area (Å²) in [6, 6.07) is 7.18. The Hall–Kier alpha value is -0.250. The summed E-state index contributed by atoms with van der Waals surface area (Å²) in [6.45, 7) is 8.90. The van der Waals surface area contributed by atoms with Gasteiger partial charge in [-0.15, -0.1) is 0 Å². The molecule has 20 heavy (non-hydrogen) atoms. The van der Waals surface area contributed by atoms with Crippen molar-refractivity contribution in [2.75, 3.05) is 18.0 Å². The van der Waals surface area contributed by atoms with E-state index in [1.54, 1.807) is 0 Å². The predicted octanol–water partition coefficient (Wildman–Crippen LogP) is 4.71. The largest absolute Gasteiger partial charge is 0.364 e. The van der Waals surface area contributed by atoms with Gasteiger partial charge in [-0.25, -0.2) is 0 Å². The third kappa shape index (κ3) is 3.49. The third-order valence-electron chi connectivity index (χ3n) is 4.47. The van der Waals surface area contributed by atoms with Crippen LogP contribution in [-0.2, 0) is 0 Å². The molecule has 0 aromatic heterocycles. The van der Waals surface area contributed by atoms with Gasteiger partial charge in [0, 0.05) is 29.6 Å². The highest BCUT2D eigenvalue weighted by molar-refractivity contribution is 9.10. The average Bonchev–Trinajstić information content (AvgIpc) is 2.48. The van der Waals surface area contributed by atoms with Crippen molar-refractivity contribution in [3.05, 3.63) is 27.7 Å². The number of nitrogens with one attached hydrogen (secondary N) is 1. The molecule has 1 fully saturated rings. The van der Waals surface area contributed by atoms with Crippen molar-refractivity contribution in [2.24, 2.45) is 5.92 Å². The summed E-state index contributed by atoms with van der Waals surface area (Å²) in [5, 5.41) is 4.55. The number of benzene rings is 1. The predicted molar refractivity (Wildman–Crippen MR) is 91.8 cm³/mol. The molecule has 0 bridgehead atoms. The lowest BCUT2D eigenvalue weighted by Crippen LogP contribution is -2.58. The number of hydrogen-bond donors (Lipinski definition) is 1. The lowest BCUT2D eigenvalue weighted by atomic mass is 9.94. The van der Waals surface area contributed by atoms with E-state index in [-0.39, 0.29) is 0 Å². The SMILES string of the molecule is CCC(C)C1CN(c2cc(Br)ccc2Cl)C(CC)CN1. The summed E-state index contributed by atoms with van der Waals surface area (Å²) in [6.07, 6.45) is 2.33. The Balaban J connectivity index is 2.26. The van der Waals surface area contributed by atoms with E-state index in [1.165, 1.54) is 6.42 Å². The first-order valence-corrected chi connectivity index (χ1v) is 8.69. The fourth-order valence-corrected chi connectivity index (χ4v) is 3.43. The van der Waals surface area contributed by atoms with Gasteiger partial charge in [0.25, 0.3) is 0 Å². The standard InChI is InChI=1S/C16H24BrClN2/c1-4-11(3)15-10-20(13(5-2)9-19-15)16-8-12(17)6-7-14(16)18/h6-8,11,13,15,19H,4-5,9-10H2,1-3H3. The van der Waals surface area contributed by atoms with Crippen molar-refractivity contribution in [3.8, 4) is 0 Å². The molecule has 1 saturated heterocycles. The molecule has 1 heterocycles. The minimum Gasteiger partial charge on any atom is -0.364 e. The molecule has 0 aliphatic carbocycles. The molecule has 2 rings (SSSR count). The summed E-state index contributed by atoms with van der Waals surface area (Å²) in [4.78, 5) is 2.49. The molecule has 0 radical (unpaired) electrons. The zero-order chi connectivity index (χ0) is 14.7. The minimum atomic E-state index is 0.516. The van der Waals surface area contributed by atoms with E-state index >= 15 is 0 Å². The first-order chi connectivity index (χ1) is 9.56. The summed E-state index contributed by atoms with van der Waals surface area (Å²) in [5.41, 5.74) is 1.16. The first kappa shape index (κ1) is 16.1. The summed E-state index contributed by atoms with van der Waals surface area (Å²) in [5.74, 6) is 0.682. The Labute approximate surface area is 136 Å². The zero-order valence-corrected chi connectivity index (χ0v) is 14.8. The second-order valence-corrected chi connectivity index (χ2v) is 7.03. The van der Waals surface area contributed by atoms with Gasteiger partial charge in [-0.3, -0.25) is 0 Å². The van der Waals surface area contributed by atoms with E-state index in [1.807, 2.05) is 12.1 Å². The van der Waals surface area contributed by atoms with Gasteiger partial charge in [-0.1, -0.05) is 54.7 Å². The molecule has 1 aliphatic heterocycles. The van der Waals surface area contributed by atoms with Gasteiger partial charge >= 0.3 is 0 Å². The smallest absolute Gasteiger partial charge is 0.0640 e. The van der Waals surface area contributed by atoms with E-state index < -0.39 is 0 Å². The molecule has 3 unspecified atom stereocenters. The summed E-state index contributed by atoms with van der Waals surface area (Å²) in [7, 11) is 0. The van der Waals surface area contributed by atoms with Crippen LogP contribution >= 0.6 is 27.5 Å². The maximum Gasteiger partial charge on any atom is 0.0640 e. The quantitative estimate of drug-likeness (QED) is 0.838. The Morgan fingerprint density at radius 3 is 2.85 bits per heavy atom. The molecule has 1 aromatic carbocycles. The van der Waals surface area contributed by atoms with Crippen LogP contribution < -0.4 is 10.2 Å². The molecule has 112 valence electrons. The van der Waals surface area contributed by atoms with Gasteiger partial charge < -0.3 is 10.2 Å². The van der Waals surface area contributed by atoms with Crippen LogP contribution in [0.2, 0.25) is 5.02 Å². The van der Waals surface area contributed by atoms with Gasteiger partial charge in [-0.05, 0) is 30.5 Å². The number of piperazine rings is 1. The van der Waals surface area contributed by atoms with Crippen LogP contribution in [0.3, 0.4) is 0 Å². The minimum absolute atomic E-state index is 0.516. The van der Waals surface area contributed by atoms with Crippen molar-refractivity contribution < 1.29 is 0 Å². The second kappa shape index (κ2) is 7.15. The van der Waals surface area contributed by atoms with Crippen LogP contribution in [0.1, 0.15) is 33.6 Å². The number of halogens is 2. The molecule has 0 saturated carbocycles. The van der Waals surface area contributed by atoms with E-state index in [9.17, 15) is 0 Å². The number of anilines is 1. The Morgan fingerprint density at radius 1 is 1.45 bits per heavy atom. The molecule has 3 atom stereocenters. The zero-order valence-electron chi connectivity index (χ0n) is 12.5. The molecular formula is C16H24BrClN2. The van der Waals surface area contributed by atoms with E-state index in [0.717, 1.165) is 34.7 Å². The molecule has 2 nitrogen and oxygen atoms in total. The molecular weight excluding hydrogens is 336 g/mol. The maximum absolute atomic E-state index is 6.43. The fraction of sp³-hybridized carbons (Fsp3) is 0.625. The highest BCUT2D eigenvalue weighted by Crippen LogP contribution is 2.33. The van der Waals surface area contributed by atoms with Crippen molar-refractivity contribution in [1.82, 2.24) is 5.32 Å². The molecule has 1 aromatic rings. The fourth-order valence-electron chi connectivity index (χ4n) is 2.85. The molecule has 4 heteroatoms. The molecule has 0 amide bonds. The highest BCUT2D eigenvalue weighted by atomic mass is 79.9. The second-order valence-electron chi connectivity index (χ2n) is 5.71. The third-order valence-corrected chi connectivity index (χ3v) is 5.28. The van der Waals surface area contributed by atoms with E-state index in [4.69, 9.17) is 11.6 Å². The molecule has 0 spiro atoms. The van der Waals surface area contributed by atoms with Gasteiger partial charge in [-0.2, -0.15) is 0 Å². The Morgan fingerprint density at radius 2 is 2.20 bits per heavy atom. The Bertz CT molecular complexity index is 452.